The Balaban J connectivity index is 1.93. The third-order valence-corrected chi connectivity index (χ3v) is 3.74. The summed E-state index contributed by atoms with van der Waals surface area (Å²) >= 11 is 0. The van der Waals surface area contributed by atoms with E-state index in [0.29, 0.717) is 12.0 Å². The number of likely N-dealkylation sites (tertiary alicyclic amines) is 1. The number of rotatable bonds is 5. The number of alkyl halides is 1. The third-order valence-electron chi connectivity index (χ3n) is 3.74. The van der Waals surface area contributed by atoms with E-state index in [2.05, 4.69) is 0 Å². The fraction of sp³-hybridized carbons (Fsp3) is 0.533. The molecule has 0 aromatic heterocycles. The highest BCUT2D eigenvalue weighted by atomic mass is 19.1. The van der Waals surface area contributed by atoms with Gasteiger partial charge < -0.3 is 14.7 Å². The van der Waals surface area contributed by atoms with E-state index in [1.807, 2.05) is 0 Å². The molecule has 21 heavy (non-hydrogen) atoms. The molecule has 0 spiro atoms. The minimum atomic E-state index is -1.08. The molecule has 0 bridgehead atoms. The fourth-order valence-corrected chi connectivity index (χ4v) is 2.60. The zero-order valence-electron chi connectivity index (χ0n) is 11.9. The predicted octanol–water partition coefficient (Wildman–Crippen LogP) is 1.70. The van der Waals surface area contributed by atoms with Crippen LogP contribution in [0.25, 0.3) is 0 Å². The van der Waals surface area contributed by atoms with Gasteiger partial charge in [0.25, 0.3) is 0 Å². The highest BCUT2D eigenvalue weighted by Crippen LogP contribution is 2.22. The SMILES string of the molecule is COc1ccc(CCC(=O)N2C[C@@H](F)C[C@H]2CO)cc1F. The average Bonchev–Trinajstić information content (AvgIpc) is 2.86. The first-order valence-corrected chi connectivity index (χ1v) is 6.92. The summed E-state index contributed by atoms with van der Waals surface area (Å²) in [6, 6.07) is 4.09. The van der Waals surface area contributed by atoms with Crippen molar-refractivity contribution in [1.29, 1.82) is 0 Å². The van der Waals surface area contributed by atoms with Gasteiger partial charge in [-0.1, -0.05) is 6.07 Å². The number of ether oxygens (including phenoxy) is 1. The number of aliphatic hydroxyl groups excluding tert-OH is 1. The molecular formula is C15H19F2NO3. The van der Waals surface area contributed by atoms with Gasteiger partial charge in [0.1, 0.15) is 6.17 Å². The maximum atomic E-state index is 13.5. The number of halogens is 2. The molecule has 0 radical (unpaired) electrons. The van der Waals surface area contributed by atoms with Crippen molar-refractivity contribution in [2.24, 2.45) is 0 Å². The second kappa shape index (κ2) is 6.85. The number of benzene rings is 1. The Kier molecular flexibility index (Phi) is 5.12. The number of nitrogens with zero attached hydrogens (tertiary/aromatic N) is 1. The van der Waals surface area contributed by atoms with Crippen LogP contribution in [0, 0.1) is 5.82 Å². The summed E-state index contributed by atoms with van der Waals surface area (Å²) in [4.78, 5) is 13.5. The molecule has 0 unspecified atom stereocenters. The largest absolute Gasteiger partial charge is 0.494 e. The first-order chi connectivity index (χ1) is 10.0. The molecule has 4 nitrogen and oxygen atoms in total. The van der Waals surface area contributed by atoms with Gasteiger partial charge in [0, 0.05) is 12.8 Å². The summed E-state index contributed by atoms with van der Waals surface area (Å²) in [7, 11) is 1.39. The maximum Gasteiger partial charge on any atom is 0.223 e. The van der Waals surface area contributed by atoms with Crippen molar-refractivity contribution in [3.8, 4) is 5.75 Å². The number of aryl methyl sites for hydroxylation is 1. The molecule has 1 aromatic rings. The van der Waals surface area contributed by atoms with Crippen LogP contribution in [0.1, 0.15) is 18.4 Å². The number of amides is 1. The molecule has 0 saturated carbocycles. The van der Waals surface area contributed by atoms with E-state index in [0.717, 1.165) is 0 Å². The average molecular weight is 299 g/mol. The monoisotopic (exact) mass is 299 g/mol. The molecule has 1 heterocycles. The van der Waals surface area contributed by atoms with Crippen LogP contribution in [-0.4, -0.2) is 48.4 Å². The molecule has 1 aliphatic heterocycles. The number of methoxy groups -OCH3 is 1. The van der Waals surface area contributed by atoms with Gasteiger partial charge in [-0.3, -0.25) is 4.79 Å². The molecular weight excluding hydrogens is 280 g/mol. The van der Waals surface area contributed by atoms with E-state index < -0.39 is 18.0 Å². The zero-order valence-corrected chi connectivity index (χ0v) is 11.9. The number of hydrogen-bond acceptors (Lipinski definition) is 3. The number of hydrogen-bond donors (Lipinski definition) is 1. The van der Waals surface area contributed by atoms with Crippen LogP contribution in [0.15, 0.2) is 18.2 Å². The maximum absolute atomic E-state index is 13.5. The smallest absolute Gasteiger partial charge is 0.223 e. The van der Waals surface area contributed by atoms with E-state index >= 15 is 0 Å². The van der Waals surface area contributed by atoms with Crippen LogP contribution < -0.4 is 4.74 Å². The molecule has 2 atom stereocenters. The predicted molar refractivity (Wildman–Crippen MR) is 73.4 cm³/mol. The van der Waals surface area contributed by atoms with Gasteiger partial charge in [0.15, 0.2) is 11.6 Å². The standard InChI is InChI=1S/C15H19F2NO3/c1-21-14-4-2-10(6-13(14)17)3-5-15(20)18-8-11(16)7-12(18)9-19/h2,4,6,11-12,19H,3,5,7-9H2,1H3/t11-,12-/m0/s1. The normalized spacial score (nSPS) is 21.6. The lowest BCUT2D eigenvalue weighted by Crippen LogP contribution is -2.37. The Labute approximate surface area is 122 Å². The number of aliphatic hydroxyl groups is 1. The van der Waals surface area contributed by atoms with Crippen LogP contribution in [0.3, 0.4) is 0 Å². The van der Waals surface area contributed by atoms with Crippen LogP contribution in [0.2, 0.25) is 0 Å². The minimum absolute atomic E-state index is 0.0288. The Hall–Kier alpha value is -1.69. The second-order valence-corrected chi connectivity index (χ2v) is 5.18. The molecule has 2 rings (SSSR count). The summed E-state index contributed by atoms with van der Waals surface area (Å²) in [5.74, 6) is -0.531. The summed E-state index contributed by atoms with van der Waals surface area (Å²) in [5.41, 5.74) is 0.679. The van der Waals surface area contributed by atoms with Crippen molar-refractivity contribution in [3.63, 3.8) is 0 Å². The Morgan fingerprint density at radius 1 is 1.52 bits per heavy atom. The van der Waals surface area contributed by atoms with Gasteiger partial charge in [0.05, 0.1) is 26.3 Å². The zero-order chi connectivity index (χ0) is 15.4. The third kappa shape index (κ3) is 3.69. The van der Waals surface area contributed by atoms with Crippen molar-refractivity contribution >= 4 is 5.91 Å². The van der Waals surface area contributed by atoms with Gasteiger partial charge in [-0.15, -0.1) is 0 Å². The lowest BCUT2D eigenvalue weighted by atomic mass is 10.1. The lowest BCUT2D eigenvalue weighted by molar-refractivity contribution is -0.132. The number of carbonyl (C=O) groups is 1. The van der Waals surface area contributed by atoms with Crippen LogP contribution in [-0.2, 0) is 11.2 Å². The topological polar surface area (TPSA) is 49.8 Å². The summed E-state index contributed by atoms with van der Waals surface area (Å²) in [6.07, 6.45) is -0.371. The Morgan fingerprint density at radius 3 is 2.90 bits per heavy atom. The van der Waals surface area contributed by atoms with Crippen molar-refractivity contribution in [2.75, 3.05) is 20.3 Å². The summed E-state index contributed by atoms with van der Waals surface area (Å²) in [6.45, 7) is -0.204. The first-order valence-electron chi connectivity index (χ1n) is 6.92. The molecule has 116 valence electrons. The Bertz CT molecular complexity index is 510. The second-order valence-electron chi connectivity index (χ2n) is 5.18. The summed E-state index contributed by atoms with van der Waals surface area (Å²) < 4.78 is 31.7. The van der Waals surface area contributed by atoms with E-state index in [1.54, 1.807) is 6.07 Å². The Morgan fingerprint density at radius 2 is 2.29 bits per heavy atom. The molecule has 1 amide bonds. The molecule has 1 fully saturated rings. The molecule has 0 aliphatic carbocycles. The van der Waals surface area contributed by atoms with E-state index in [-0.39, 0.29) is 37.6 Å². The lowest BCUT2D eigenvalue weighted by Gasteiger charge is -2.22. The summed E-state index contributed by atoms with van der Waals surface area (Å²) in [5, 5.41) is 9.16. The molecule has 1 aromatic carbocycles. The van der Waals surface area contributed by atoms with E-state index in [1.165, 1.54) is 24.1 Å². The van der Waals surface area contributed by atoms with Gasteiger partial charge in [0.2, 0.25) is 5.91 Å². The van der Waals surface area contributed by atoms with Gasteiger partial charge in [-0.25, -0.2) is 8.78 Å². The van der Waals surface area contributed by atoms with Crippen LogP contribution in [0.4, 0.5) is 8.78 Å². The highest BCUT2D eigenvalue weighted by Gasteiger charge is 2.34. The molecule has 1 saturated heterocycles. The van der Waals surface area contributed by atoms with Crippen LogP contribution in [0.5, 0.6) is 5.75 Å². The first kappa shape index (κ1) is 15.7. The van der Waals surface area contributed by atoms with Gasteiger partial charge in [-0.2, -0.15) is 0 Å². The van der Waals surface area contributed by atoms with Crippen molar-refractivity contribution < 1.29 is 23.4 Å². The van der Waals surface area contributed by atoms with Crippen molar-refractivity contribution in [3.05, 3.63) is 29.6 Å². The quantitative estimate of drug-likeness (QED) is 0.900. The van der Waals surface area contributed by atoms with E-state index in [9.17, 15) is 13.6 Å². The fourth-order valence-electron chi connectivity index (χ4n) is 2.60. The van der Waals surface area contributed by atoms with E-state index in [4.69, 9.17) is 9.84 Å². The van der Waals surface area contributed by atoms with Crippen molar-refractivity contribution in [2.45, 2.75) is 31.5 Å². The van der Waals surface area contributed by atoms with Crippen molar-refractivity contribution in [1.82, 2.24) is 4.90 Å². The minimum Gasteiger partial charge on any atom is -0.494 e. The molecule has 1 aliphatic rings. The van der Waals surface area contributed by atoms with Gasteiger partial charge >= 0.3 is 0 Å². The van der Waals surface area contributed by atoms with Gasteiger partial charge in [-0.05, 0) is 24.1 Å². The van der Waals surface area contributed by atoms with Crippen LogP contribution >= 0.6 is 0 Å². The highest BCUT2D eigenvalue weighted by molar-refractivity contribution is 5.77. The molecule has 1 N–H and O–H groups in total. The number of carbonyl (C=O) groups excluding carboxylic acids is 1. The molecule has 6 heteroatoms.